The molecular weight excluding hydrogens is 219 g/mol. The third-order valence-electron chi connectivity index (χ3n) is 3.08. The van der Waals surface area contributed by atoms with Gasteiger partial charge in [0.15, 0.2) is 0 Å². The Hall–Kier alpha value is -0.970. The molecule has 17 heavy (non-hydrogen) atoms. The van der Waals surface area contributed by atoms with E-state index in [2.05, 4.69) is 11.8 Å². The second kappa shape index (κ2) is 5.58. The van der Waals surface area contributed by atoms with Crippen molar-refractivity contribution < 1.29 is 9.13 Å². The van der Waals surface area contributed by atoms with E-state index in [-0.39, 0.29) is 18.0 Å². The lowest BCUT2D eigenvalue weighted by Gasteiger charge is -2.32. The molecule has 3 nitrogen and oxygen atoms in total. The summed E-state index contributed by atoms with van der Waals surface area (Å²) in [6, 6.07) is 6.35. The van der Waals surface area contributed by atoms with Gasteiger partial charge >= 0.3 is 0 Å². The summed E-state index contributed by atoms with van der Waals surface area (Å²) in [6.45, 7) is 5.44. The molecule has 0 radical (unpaired) electrons. The second-order valence-electron chi connectivity index (χ2n) is 4.60. The van der Waals surface area contributed by atoms with E-state index in [1.807, 2.05) is 0 Å². The fourth-order valence-corrected chi connectivity index (χ4v) is 2.15. The summed E-state index contributed by atoms with van der Waals surface area (Å²) in [6.07, 6.45) is 0.268. The molecule has 94 valence electrons. The Bertz CT molecular complexity index is 355. The van der Waals surface area contributed by atoms with Gasteiger partial charge in [-0.1, -0.05) is 12.1 Å². The molecule has 0 spiro atoms. The number of morpholine rings is 1. The molecule has 1 aromatic rings. The SMILES string of the molecule is CC1CN(CC(N)c2ccc(F)cc2)CCO1. The molecule has 2 N–H and O–H groups in total. The maximum absolute atomic E-state index is 12.8. The summed E-state index contributed by atoms with van der Waals surface area (Å²) in [7, 11) is 0. The molecule has 1 aliphatic rings. The minimum Gasteiger partial charge on any atom is -0.376 e. The number of ether oxygens (including phenoxy) is 1. The van der Waals surface area contributed by atoms with Crippen molar-refractivity contribution in [3.8, 4) is 0 Å². The van der Waals surface area contributed by atoms with Gasteiger partial charge in [0.1, 0.15) is 5.82 Å². The molecule has 0 amide bonds. The molecule has 0 aliphatic carbocycles. The monoisotopic (exact) mass is 238 g/mol. The highest BCUT2D eigenvalue weighted by atomic mass is 19.1. The minimum absolute atomic E-state index is 0.0686. The highest BCUT2D eigenvalue weighted by molar-refractivity contribution is 5.19. The molecule has 1 heterocycles. The Morgan fingerprint density at radius 1 is 1.47 bits per heavy atom. The van der Waals surface area contributed by atoms with Crippen LogP contribution in [0.3, 0.4) is 0 Å². The average Bonchev–Trinajstić information content (AvgIpc) is 2.29. The molecular formula is C13H19FN2O. The summed E-state index contributed by atoms with van der Waals surface area (Å²) < 4.78 is 18.3. The van der Waals surface area contributed by atoms with Crippen molar-refractivity contribution in [2.45, 2.75) is 19.1 Å². The van der Waals surface area contributed by atoms with Gasteiger partial charge in [0.2, 0.25) is 0 Å². The van der Waals surface area contributed by atoms with Gasteiger partial charge in [0, 0.05) is 25.7 Å². The summed E-state index contributed by atoms with van der Waals surface area (Å²) in [5.41, 5.74) is 7.09. The van der Waals surface area contributed by atoms with Crippen LogP contribution in [0, 0.1) is 5.82 Å². The van der Waals surface area contributed by atoms with Crippen LogP contribution in [0.15, 0.2) is 24.3 Å². The lowest BCUT2D eigenvalue weighted by molar-refractivity contribution is -0.0199. The number of hydrogen-bond donors (Lipinski definition) is 1. The average molecular weight is 238 g/mol. The Morgan fingerprint density at radius 3 is 2.82 bits per heavy atom. The molecule has 1 aliphatic heterocycles. The highest BCUT2D eigenvalue weighted by Gasteiger charge is 2.19. The lowest BCUT2D eigenvalue weighted by Crippen LogP contribution is -2.44. The maximum Gasteiger partial charge on any atom is 0.123 e. The lowest BCUT2D eigenvalue weighted by atomic mass is 10.1. The first-order valence-electron chi connectivity index (χ1n) is 6.00. The first-order valence-corrected chi connectivity index (χ1v) is 6.00. The van der Waals surface area contributed by atoms with Gasteiger partial charge in [-0.15, -0.1) is 0 Å². The Labute approximate surface area is 101 Å². The van der Waals surface area contributed by atoms with Crippen molar-refractivity contribution >= 4 is 0 Å². The summed E-state index contributed by atoms with van der Waals surface area (Å²) in [4.78, 5) is 2.29. The van der Waals surface area contributed by atoms with Crippen LogP contribution < -0.4 is 5.73 Å². The zero-order valence-corrected chi connectivity index (χ0v) is 10.1. The van der Waals surface area contributed by atoms with E-state index < -0.39 is 0 Å². The smallest absolute Gasteiger partial charge is 0.123 e. The molecule has 1 saturated heterocycles. The number of hydrogen-bond acceptors (Lipinski definition) is 3. The second-order valence-corrected chi connectivity index (χ2v) is 4.60. The Balaban J connectivity index is 1.91. The van der Waals surface area contributed by atoms with Crippen LogP contribution in [0.25, 0.3) is 0 Å². The first kappa shape index (κ1) is 12.5. The summed E-state index contributed by atoms with van der Waals surface area (Å²) in [5, 5.41) is 0. The van der Waals surface area contributed by atoms with Crippen molar-refractivity contribution in [1.82, 2.24) is 4.90 Å². The highest BCUT2D eigenvalue weighted by Crippen LogP contribution is 2.14. The number of halogens is 1. The van der Waals surface area contributed by atoms with E-state index in [4.69, 9.17) is 10.5 Å². The predicted octanol–water partition coefficient (Wildman–Crippen LogP) is 1.55. The topological polar surface area (TPSA) is 38.5 Å². The predicted molar refractivity (Wildman–Crippen MR) is 65.2 cm³/mol. The molecule has 0 saturated carbocycles. The zero-order valence-electron chi connectivity index (χ0n) is 10.1. The van der Waals surface area contributed by atoms with Crippen molar-refractivity contribution in [2.75, 3.05) is 26.2 Å². The van der Waals surface area contributed by atoms with Crippen LogP contribution in [-0.4, -0.2) is 37.2 Å². The summed E-state index contributed by atoms with van der Waals surface area (Å²) in [5.74, 6) is -0.221. The maximum atomic E-state index is 12.8. The molecule has 1 aromatic carbocycles. The largest absolute Gasteiger partial charge is 0.376 e. The van der Waals surface area contributed by atoms with Crippen LogP contribution in [0.4, 0.5) is 4.39 Å². The zero-order chi connectivity index (χ0) is 12.3. The van der Waals surface area contributed by atoms with Gasteiger partial charge in [-0.25, -0.2) is 4.39 Å². The van der Waals surface area contributed by atoms with Crippen LogP contribution in [0.1, 0.15) is 18.5 Å². The van der Waals surface area contributed by atoms with E-state index in [1.54, 1.807) is 12.1 Å². The quantitative estimate of drug-likeness (QED) is 0.868. The Morgan fingerprint density at radius 2 is 2.18 bits per heavy atom. The van der Waals surface area contributed by atoms with Gasteiger partial charge in [0.05, 0.1) is 12.7 Å². The van der Waals surface area contributed by atoms with Crippen molar-refractivity contribution in [1.29, 1.82) is 0 Å². The van der Waals surface area contributed by atoms with Gasteiger partial charge in [0.25, 0.3) is 0 Å². The van der Waals surface area contributed by atoms with Gasteiger partial charge in [-0.2, -0.15) is 0 Å². The number of benzene rings is 1. The molecule has 4 heteroatoms. The van der Waals surface area contributed by atoms with E-state index in [0.717, 1.165) is 31.8 Å². The molecule has 2 unspecified atom stereocenters. The van der Waals surface area contributed by atoms with Crippen LogP contribution in [0.5, 0.6) is 0 Å². The number of nitrogens with two attached hydrogens (primary N) is 1. The fourth-order valence-electron chi connectivity index (χ4n) is 2.15. The van der Waals surface area contributed by atoms with Crippen molar-refractivity contribution in [2.24, 2.45) is 5.73 Å². The van der Waals surface area contributed by atoms with Crippen molar-refractivity contribution in [3.63, 3.8) is 0 Å². The standard InChI is InChI=1S/C13H19FN2O/c1-10-8-16(6-7-17-10)9-13(15)11-2-4-12(14)5-3-11/h2-5,10,13H,6-9,15H2,1H3. The molecule has 2 atom stereocenters. The van der Waals surface area contributed by atoms with Crippen molar-refractivity contribution in [3.05, 3.63) is 35.6 Å². The van der Waals surface area contributed by atoms with Gasteiger partial charge in [-0.05, 0) is 24.6 Å². The number of rotatable bonds is 3. The van der Waals surface area contributed by atoms with E-state index >= 15 is 0 Å². The van der Waals surface area contributed by atoms with Crippen LogP contribution in [-0.2, 0) is 4.74 Å². The minimum atomic E-state index is -0.221. The van der Waals surface area contributed by atoms with Crippen LogP contribution in [0.2, 0.25) is 0 Å². The fraction of sp³-hybridized carbons (Fsp3) is 0.538. The van der Waals surface area contributed by atoms with E-state index in [1.165, 1.54) is 12.1 Å². The third kappa shape index (κ3) is 3.49. The molecule has 0 aromatic heterocycles. The molecule has 1 fully saturated rings. The number of nitrogens with zero attached hydrogens (tertiary/aromatic N) is 1. The Kier molecular flexibility index (Phi) is 4.10. The van der Waals surface area contributed by atoms with E-state index in [0.29, 0.717) is 0 Å². The first-order chi connectivity index (χ1) is 8.15. The van der Waals surface area contributed by atoms with Gasteiger partial charge < -0.3 is 10.5 Å². The van der Waals surface area contributed by atoms with E-state index in [9.17, 15) is 4.39 Å². The third-order valence-corrected chi connectivity index (χ3v) is 3.08. The van der Waals surface area contributed by atoms with Gasteiger partial charge in [-0.3, -0.25) is 4.90 Å². The van der Waals surface area contributed by atoms with Crippen LogP contribution >= 0.6 is 0 Å². The normalized spacial score (nSPS) is 23.6. The molecule has 0 bridgehead atoms. The summed E-state index contributed by atoms with van der Waals surface area (Å²) >= 11 is 0. The molecule has 2 rings (SSSR count).